The molecule has 1 aromatic carbocycles. The zero-order valence-electron chi connectivity index (χ0n) is 12.9. The van der Waals surface area contributed by atoms with E-state index in [0.29, 0.717) is 6.04 Å². The van der Waals surface area contributed by atoms with Crippen molar-refractivity contribution < 1.29 is 4.74 Å². The molecule has 0 bridgehead atoms. The summed E-state index contributed by atoms with van der Waals surface area (Å²) in [4.78, 5) is 0. The SMILES string of the molecule is CCNC(CCCc1ccccc1)C(C)(C)OCC. The van der Waals surface area contributed by atoms with Crippen LogP contribution >= 0.6 is 0 Å². The Bertz CT molecular complexity index is 334. The van der Waals surface area contributed by atoms with Gasteiger partial charge < -0.3 is 10.1 Å². The molecule has 1 unspecified atom stereocenters. The maximum absolute atomic E-state index is 5.88. The molecule has 0 aliphatic rings. The fraction of sp³-hybridized carbons (Fsp3) is 0.647. The van der Waals surface area contributed by atoms with Gasteiger partial charge in [-0.1, -0.05) is 37.3 Å². The van der Waals surface area contributed by atoms with Gasteiger partial charge in [0.25, 0.3) is 0 Å². The number of likely N-dealkylation sites (N-methyl/N-ethyl adjacent to an activating group) is 1. The first kappa shape index (κ1) is 16.2. The highest BCUT2D eigenvalue weighted by Crippen LogP contribution is 2.20. The van der Waals surface area contributed by atoms with Gasteiger partial charge in [0.05, 0.1) is 5.60 Å². The largest absolute Gasteiger partial charge is 0.374 e. The molecule has 19 heavy (non-hydrogen) atoms. The van der Waals surface area contributed by atoms with E-state index < -0.39 is 0 Å². The standard InChI is InChI=1S/C17H29NO/c1-5-18-16(17(3,4)19-6-2)14-10-13-15-11-8-7-9-12-15/h7-9,11-12,16,18H,5-6,10,13-14H2,1-4H3. The van der Waals surface area contributed by atoms with Gasteiger partial charge in [-0.25, -0.2) is 0 Å². The third-order valence-corrected chi connectivity index (χ3v) is 3.61. The van der Waals surface area contributed by atoms with Crippen molar-refractivity contribution in [1.82, 2.24) is 5.32 Å². The van der Waals surface area contributed by atoms with Crippen molar-refractivity contribution in [2.45, 2.75) is 58.6 Å². The molecular formula is C17H29NO. The lowest BCUT2D eigenvalue weighted by Gasteiger charge is -2.35. The van der Waals surface area contributed by atoms with Crippen LogP contribution in [0.25, 0.3) is 0 Å². The molecule has 0 saturated carbocycles. The minimum absolute atomic E-state index is 0.0958. The predicted molar refractivity (Wildman–Crippen MR) is 82.5 cm³/mol. The average molecular weight is 263 g/mol. The number of hydrogen-bond acceptors (Lipinski definition) is 2. The lowest BCUT2D eigenvalue weighted by molar-refractivity contribution is -0.0401. The fourth-order valence-corrected chi connectivity index (χ4v) is 2.57. The molecule has 0 radical (unpaired) electrons. The topological polar surface area (TPSA) is 21.3 Å². The summed E-state index contributed by atoms with van der Waals surface area (Å²) in [7, 11) is 0. The number of aryl methyl sites for hydroxylation is 1. The second-order valence-corrected chi connectivity index (χ2v) is 5.52. The van der Waals surface area contributed by atoms with Crippen molar-refractivity contribution in [3.63, 3.8) is 0 Å². The van der Waals surface area contributed by atoms with Gasteiger partial charge in [0.1, 0.15) is 0 Å². The normalized spacial score (nSPS) is 13.5. The molecule has 0 aliphatic heterocycles. The lowest BCUT2D eigenvalue weighted by atomic mass is 9.92. The minimum Gasteiger partial charge on any atom is -0.374 e. The van der Waals surface area contributed by atoms with Crippen LogP contribution in [0.1, 0.15) is 46.1 Å². The van der Waals surface area contributed by atoms with Gasteiger partial charge in [-0.3, -0.25) is 0 Å². The van der Waals surface area contributed by atoms with Crippen molar-refractivity contribution in [3.05, 3.63) is 35.9 Å². The second-order valence-electron chi connectivity index (χ2n) is 5.52. The first-order valence-electron chi connectivity index (χ1n) is 7.51. The number of rotatable bonds is 9. The van der Waals surface area contributed by atoms with E-state index in [2.05, 4.69) is 63.3 Å². The van der Waals surface area contributed by atoms with Crippen LogP contribution in [0.4, 0.5) is 0 Å². The Morgan fingerprint density at radius 1 is 1.16 bits per heavy atom. The van der Waals surface area contributed by atoms with Crippen molar-refractivity contribution in [1.29, 1.82) is 0 Å². The monoisotopic (exact) mass is 263 g/mol. The van der Waals surface area contributed by atoms with Gasteiger partial charge in [-0.05, 0) is 52.1 Å². The van der Waals surface area contributed by atoms with Crippen molar-refractivity contribution >= 4 is 0 Å². The van der Waals surface area contributed by atoms with Crippen LogP contribution in [0, 0.1) is 0 Å². The van der Waals surface area contributed by atoms with E-state index in [-0.39, 0.29) is 5.60 Å². The molecule has 2 nitrogen and oxygen atoms in total. The van der Waals surface area contributed by atoms with Gasteiger partial charge in [-0.2, -0.15) is 0 Å². The Labute approximate surface area is 118 Å². The van der Waals surface area contributed by atoms with Crippen LogP contribution in [0.15, 0.2) is 30.3 Å². The third-order valence-electron chi connectivity index (χ3n) is 3.61. The highest BCUT2D eigenvalue weighted by Gasteiger charge is 2.28. The van der Waals surface area contributed by atoms with Gasteiger partial charge in [-0.15, -0.1) is 0 Å². The summed E-state index contributed by atoms with van der Waals surface area (Å²) in [6.45, 7) is 10.4. The smallest absolute Gasteiger partial charge is 0.0778 e. The highest BCUT2D eigenvalue weighted by molar-refractivity contribution is 5.14. The summed E-state index contributed by atoms with van der Waals surface area (Å²) in [5.74, 6) is 0. The van der Waals surface area contributed by atoms with E-state index >= 15 is 0 Å². The minimum atomic E-state index is -0.0958. The molecule has 0 amide bonds. The summed E-state index contributed by atoms with van der Waals surface area (Å²) in [5.41, 5.74) is 1.33. The van der Waals surface area contributed by atoms with Crippen molar-refractivity contribution in [3.8, 4) is 0 Å². The number of nitrogens with one attached hydrogen (secondary N) is 1. The van der Waals surface area contributed by atoms with Crippen molar-refractivity contribution in [2.75, 3.05) is 13.2 Å². The number of ether oxygens (including phenoxy) is 1. The molecule has 1 N–H and O–H groups in total. The summed E-state index contributed by atoms with van der Waals surface area (Å²) in [6, 6.07) is 11.1. The van der Waals surface area contributed by atoms with E-state index in [9.17, 15) is 0 Å². The quantitative estimate of drug-likeness (QED) is 0.731. The Morgan fingerprint density at radius 3 is 2.42 bits per heavy atom. The van der Waals surface area contributed by atoms with E-state index in [1.807, 2.05) is 0 Å². The molecule has 108 valence electrons. The molecule has 1 aromatic rings. The van der Waals surface area contributed by atoms with E-state index in [0.717, 1.165) is 26.0 Å². The van der Waals surface area contributed by atoms with E-state index in [1.165, 1.54) is 12.0 Å². The summed E-state index contributed by atoms with van der Waals surface area (Å²) in [5, 5.41) is 3.57. The zero-order valence-corrected chi connectivity index (χ0v) is 12.9. The molecule has 1 atom stereocenters. The number of hydrogen-bond donors (Lipinski definition) is 1. The fourth-order valence-electron chi connectivity index (χ4n) is 2.57. The van der Waals surface area contributed by atoms with Gasteiger partial charge in [0.2, 0.25) is 0 Å². The van der Waals surface area contributed by atoms with Crippen LogP contribution < -0.4 is 5.32 Å². The summed E-state index contributed by atoms with van der Waals surface area (Å²) in [6.07, 6.45) is 3.48. The molecule has 0 spiro atoms. The molecule has 0 aromatic heterocycles. The van der Waals surface area contributed by atoms with Gasteiger partial charge in [0.15, 0.2) is 0 Å². The molecule has 1 rings (SSSR count). The van der Waals surface area contributed by atoms with Crippen LogP contribution in [0.2, 0.25) is 0 Å². The van der Waals surface area contributed by atoms with Gasteiger partial charge in [0, 0.05) is 12.6 Å². The van der Waals surface area contributed by atoms with Crippen LogP contribution in [0.3, 0.4) is 0 Å². The van der Waals surface area contributed by atoms with Crippen molar-refractivity contribution in [2.24, 2.45) is 0 Å². The van der Waals surface area contributed by atoms with Gasteiger partial charge >= 0.3 is 0 Å². The van der Waals surface area contributed by atoms with E-state index in [1.54, 1.807) is 0 Å². The molecular weight excluding hydrogens is 234 g/mol. The summed E-state index contributed by atoms with van der Waals surface area (Å²) >= 11 is 0. The molecule has 2 heteroatoms. The zero-order chi connectivity index (χ0) is 14.1. The number of benzene rings is 1. The summed E-state index contributed by atoms with van der Waals surface area (Å²) < 4.78 is 5.88. The maximum atomic E-state index is 5.88. The first-order valence-corrected chi connectivity index (χ1v) is 7.51. The molecule has 0 fully saturated rings. The molecule has 0 saturated heterocycles. The van der Waals surface area contributed by atoms with E-state index in [4.69, 9.17) is 4.74 Å². The predicted octanol–water partition coefficient (Wildman–Crippen LogP) is 3.80. The Hall–Kier alpha value is -0.860. The lowest BCUT2D eigenvalue weighted by Crippen LogP contribution is -2.48. The highest BCUT2D eigenvalue weighted by atomic mass is 16.5. The first-order chi connectivity index (χ1) is 9.10. The van der Waals surface area contributed by atoms with Crippen LogP contribution in [-0.2, 0) is 11.2 Å². The molecule has 0 aliphatic carbocycles. The van der Waals surface area contributed by atoms with Crippen LogP contribution in [0.5, 0.6) is 0 Å². The Balaban J connectivity index is 2.45. The average Bonchev–Trinajstić information content (AvgIpc) is 2.39. The second kappa shape index (κ2) is 8.34. The molecule has 0 heterocycles. The maximum Gasteiger partial charge on any atom is 0.0778 e. The third kappa shape index (κ3) is 5.75. The Kier molecular flexibility index (Phi) is 7.11. The van der Waals surface area contributed by atoms with Crippen LogP contribution in [-0.4, -0.2) is 24.8 Å². The Morgan fingerprint density at radius 2 is 1.84 bits per heavy atom.